The predicted octanol–water partition coefficient (Wildman–Crippen LogP) is 4.02. The second kappa shape index (κ2) is 5.81. The lowest BCUT2D eigenvalue weighted by molar-refractivity contribution is 0.0685. The third kappa shape index (κ3) is 3.40. The third-order valence-corrected chi connectivity index (χ3v) is 3.62. The maximum absolute atomic E-state index is 10.6. The summed E-state index contributed by atoms with van der Waals surface area (Å²) in [5.41, 5.74) is -0.182. The Labute approximate surface area is 126 Å². The first-order valence-electron chi connectivity index (χ1n) is 4.93. The molecule has 0 aliphatic carbocycles. The van der Waals surface area contributed by atoms with Gasteiger partial charge in [-0.25, -0.2) is 4.79 Å². The van der Waals surface area contributed by atoms with Crippen molar-refractivity contribution in [2.75, 3.05) is 0 Å². The Balaban J connectivity index is 2.09. The molecule has 0 aliphatic heterocycles. The molecule has 0 saturated heterocycles. The first-order chi connectivity index (χ1) is 8.97. The lowest BCUT2D eigenvalue weighted by Gasteiger charge is -2.07. The van der Waals surface area contributed by atoms with Gasteiger partial charge in [-0.1, -0.05) is 28.4 Å². The molecular formula is C11H6BrCl2NO4. The molecule has 1 aromatic carbocycles. The molecule has 0 aliphatic rings. The summed E-state index contributed by atoms with van der Waals surface area (Å²) in [5.74, 6) is -0.532. The molecule has 1 aromatic heterocycles. The van der Waals surface area contributed by atoms with Crippen molar-refractivity contribution in [1.82, 2.24) is 5.16 Å². The summed E-state index contributed by atoms with van der Waals surface area (Å²) < 4.78 is 10.8. The van der Waals surface area contributed by atoms with E-state index in [9.17, 15) is 4.79 Å². The van der Waals surface area contributed by atoms with Crippen LogP contribution in [0.4, 0.5) is 0 Å². The molecule has 0 atom stereocenters. The molecule has 0 radical (unpaired) electrons. The van der Waals surface area contributed by atoms with Crippen molar-refractivity contribution < 1.29 is 19.2 Å². The summed E-state index contributed by atoms with van der Waals surface area (Å²) in [7, 11) is 0. The summed E-state index contributed by atoms with van der Waals surface area (Å²) >= 11 is 15.1. The van der Waals surface area contributed by atoms with Gasteiger partial charge in [-0.05, 0) is 22.0 Å². The minimum Gasteiger partial charge on any atom is -0.484 e. The number of nitrogens with zero attached hydrogens (tertiary/aromatic N) is 1. The van der Waals surface area contributed by atoms with Crippen LogP contribution in [0, 0.1) is 0 Å². The van der Waals surface area contributed by atoms with Crippen LogP contribution in [0.15, 0.2) is 27.2 Å². The molecular weight excluding hydrogens is 361 g/mol. The van der Waals surface area contributed by atoms with Crippen LogP contribution in [0.2, 0.25) is 10.0 Å². The molecule has 0 saturated carbocycles. The number of carbonyl (C=O) groups is 1. The molecule has 2 aromatic rings. The van der Waals surface area contributed by atoms with Gasteiger partial charge in [-0.15, -0.1) is 0 Å². The van der Waals surface area contributed by atoms with E-state index in [1.165, 1.54) is 6.07 Å². The molecule has 1 N–H and O–H groups in total. The minimum atomic E-state index is -1.17. The Kier molecular flexibility index (Phi) is 4.34. The fourth-order valence-electron chi connectivity index (χ4n) is 1.25. The SMILES string of the molecule is O=C(O)c1cc(COc2cc(Cl)c(Br)cc2Cl)on1. The first kappa shape index (κ1) is 14.2. The Morgan fingerprint density at radius 1 is 1.37 bits per heavy atom. The zero-order valence-electron chi connectivity index (χ0n) is 9.19. The highest BCUT2D eigenvalue weighted by Gasteiger charge is 2.12. The standard InChI is InChI=1S/C11H6BrCl2NO4/c12-6-2-8(14)10(3-7(6)13)18-4-5-1-9(11(16)17)15-19-5/h1-3H,4H2,(H,16,17). The molecule has 0 spiro atoms. The monoisotopic (exact) mass is 365 g/mol. The Morgan fingerprint density at radius 3 is 2.74 bits per heavy atom. The number of halogens is 3. The van der Waals surface area contributed by atoms with Crippen molar-refractivity contribution in [3.63, 3.8) is 0 Å². The van der Waals surface area contributed by atoms with Crippen molar-refractivity contribution in [3.05, 3.63) is 44.2 Å². The molecule has 2 rings (SSSR count). The van der Waals surface area contributed by atoms with Gasteiger partial charge in [0.1, 0.15) is 12.4 Å². The van der Waals surface area contributed by atoms with Crippen molar-refractivity contribution >= 4 is 45.1 Å². The van der Waals surface area contributed by atoms with Gasteiger partial charge in [-0.2, -0.15) is 0 Å². The van der Waals surface area contributed by atoms with Crippen molar-refractivity contribution in [2.45, 2.75) is 6.61 Å². The summed E-state index contributed by atoms with van der Waals surface area (Å²) in [6.07, 6.45) is 0. The van der Waals surface area contributed by atoms with E-state index in [2.05, 4.69) is 21.1 Å². The van der Waals surface area contributed by atoms with E-state index in [0.717, 1.165) is 0 Å². The highest BCUT2D eigenvalue weighted by atomic mass is 79.9. The van der Waals surface area contributed by atoms with Crippen LogP contribution in [-0.4, -0.2) is 16.2 Å². The smallest absolute Gasteiger partial charge is 0.358 e. The van der Waals surface area contributed by atoms with E-state index in [-0.39, 0.29) is 18.1 Å². The van der Waals surface area contributed by atoms with Crippen molar-refractivity contribution in [3.8, 4) is 5.75 Å². The average molecular weight is 367 g/mol. The summed E-state index contributed by atoms with van der Waals surface area (Å²) in [4.78, 5) is 10.6. The van der Waals surface area contributed by atoms with Gasteiger partial charge in [0.25, 0.3) is 0 Å². The van der Waals surface area contributed by atoms with Gasteiger partial charge < -0.3 is 14.4 Å². The second-order valence-corrected chi connectivity index (χ2v) is 5.14. The Bertz CT molecular complexity index is 629. The average Bonchev–Trinajstić information content (AvgIpc) is 2.81. The molecule has 8 heteroatoms. The van der Waals surface area contributed by atoms with Gasteiger partial charge in [-0.3, -0.25) is 0 Å². The lowest BCUT2D eigenvalue weighted by Crippen LogP contribution is -1.96. The number of benzene rings is 1. The van der Waals surface area contributed by atoms with Gasteiger partial charge in [0.15, 0.2) is 11.5 Å². The number of aromatic nitrogens is 1. The number of carboxylic acids is 1. The number of rotatable bonds is 4. The van der Waals surface area contributed by atoms with Crippen LogP contribution in [0.5, 0.6) is 5.75 Å². The van der Waals surface area contributed by atoms with Gasteiger partial charge in [0.2, 0.25) is 0 Å². The molecule has 100 valence electrons. The first-order valence-corrected chi connectivity index (χ1v) is 6.48. The summed E-state index contributed by atoms with van der Waals surface area (Å²) in [6, 6.07) is 4.42. The van der Waals surface area contributed by atoms with Crippen molar-refractivity contribution in [1.29, 1.82) is 0 Å². The van der Waals surface area contributed by atoms with Crippen LogP contribution in [0.25, 0.3) is 0 Å². The van der Waals surface area contributed by atoms with Crippen LogP contribution >= 0.6 is 39.1 Å². The summed E-state index contributed by atoms with van der Waals surface area (Å²) in [6.45, 7) is -0.00202. The zero-order valence-corrected chi connectivity index (χ0v) is 12.3. The summed E-state index contributed by atoms with van der Waals surface area (Å²) in [5, 5.41) is 12.9. The number of ether oxygens (including phenoxy) is 1. The van der Waals surface area contributed by atoms with E-state index in [0.29, 0.717) is 20.3 Å². The third-order valence-electron chi connectivity index (χ3n) is 2.12. The highest BCUT2D eigenvalue weighted by molar-refractivity contribution is 9.10. The van der Waals surface area contributed by atoms with Gasteiger partial charge in [0.05, 0.1) is 10.0 Å². The number of hydrogen-bond donors (Lipinski definition) is 1. The fraction of sp³-hybridized carbons (Fsp3) is 0.0909. The molecule has 0 fully saturated rings. The van der Waals surface area contributed by atoms with Crippen molar-refractivity contribution in [2.24, 2.45) is 0 Å². The number of aromatic carboxylic acids is 1. The second-order valence-electron chi connectivity index (χ2n) is 3.47. The van der Waals surface area contributed by atoms with Crippen LogP contribution in [0.1, 0.15) is 16.2 Å². The molecule has 0 unspecified atom stereocenters. The molecule has 0 amide bonds. The Morgan fingerprint density at radius 2 is 2.11 bits per heavy atom. The van der Waals surface area contributed by atoms with E-state index in [1.54, 1.807) is 12.1 Å². The minimum absolute atomic E-state index is 0.00202. The van der Waals surface area contributed by atoms with Gasteiger partial charge in [0, 0.05) is 16.6 Å². The fourth-order valence-corrected chi connectivity index (χ4v) is 2.09. The lowest BCUT2D eigenvalue weighted by atomic mass is 10.3. The Hall–Kier alpha value is -1.24. The van der Waals surface area contributed by atoms with E-state index < -0.39 is 5.97 Å². The number of hydrogen-bond acceptors (Lipinski definition) is 4. The zero-order chi connectivity index (χ0) is 14.0. The van der Waals surface area contributed by atoms with E-state index >= 15 is 0 Å². The maximum atomic E-state index is 10.6. The predicted molar refractivity (Wildman–Crippen MR) is 72.0 cm³/mol. The maximum Gasteiger partial charge on any atom is 0.358 e. The largest absolute Gasteiger partial charge is 0.484 e. The number of carboxylic acid groups (broad SMARTS) is 1. The molecule has 19 heavy (non-hydrogen) atoms. The quantitative estimate of drug-likeness (QED) is 0.827. The molecule has 0 bridgehead atoms. The van der Waals surface area contributed by atoms with Crippen LogP contribution in [0.3, 0.4) is 0 Å². The van der Waals surface area contributed by atoms with E-state index in [1.807, 2.05) is 0 Å². The molecule has 5 nitrogen and oxygen atoms in total. The highest BCUT2D eigenvalue weighted by Crippen LogP contribution is 2.34. The topological polar surface area (TPSA) is 72.6 Å². The normalized spacial score (nSPS) is 10.5. The van der Waals surface area contributed by atoms with Gasteiger partial charge >= 0.3 is 5.97 Å². The molecule has 1 heterocycles. The van der Waals surface area contributed by atoms with Crippen LogP contribution in [-0.2, 0) is 6.61 Å². The van der Waals surface area contributed by atoms with Crippen LogP contribution < -0.4 is 4.74 Å². The van der Waals surface area contributed by atoms with E-state index in [4.69, 9.17) is 37.6 Å².